The summed E-state index contributed by atoms with van der Waals surface area (Å²) in [4.78, 5) is 16.6. The quantitative estimate of drug-likeness (QED) is 0.559. The fourth-order valence-electron chi connectivity index (χ4n) is 3.98. The number of carbonyl (C=O) groups is 1. The third-order valence-electron chi connectivity index (χ3n) is 5.38. The molecule has 2 aromatic heterocycles. The number of aromatic nitrogens is 1. The highest BCUT2D eigenvalue weighted by molar-refractivity contribution is 6.30. The molecule has 1 amide bonds. The predicted octanol–water partition coefficient (Wildman–Crippen LogP) is 5.72. The molecular formula is C23H23ClN2O3. The molecule has 5 nitrogen and oxygen atoms in total. The number of pyridine rings is 1. The topological polar surface area (TPSA) is 64.4 Å². The largest absolute Gasteiger partial charge is 0.496 e. The number of nitrogens with zero attached hydrogens (tertiary/aromatic N) is 1. The van der Waals surface area contributed by atoms with E-state index in [2.05, 4.69) is 16.4 Å². The Morgan fingerprint density at radius 2 is 2.10 bits per heavy atom. The van der Waals surface area contributed by atoms with Gasteiger partial charge < -0.3 is 14.5 Å². The van der Waals surface area contributed by atoms with Crippen molar-refractivity contribution in [2.45, 2.75) is 39.5 Å². The number of furan rings is 1. The second kappa shape index (κ2) is 7.91. The van der Waals surface area contributed by atoms with Gasteiger partial charge in [-0.3, -0.25) is 4.79 Å². The first-order chi connectivity index (χ1) is 14.0. The minimum Gasteiger partial charge on any atom is -0.496 e. The fourth-order valence-corrected chi connectivity index (χ4v) is 4.09. The first-order valence-corrected chi connectivity index (χ1v) is 10.1. The molecule has 1 aliphatic rings. The van der Waals surface area contributed by atoms with E-state index in [9.17, 15) is 4.79 Å². The van der Waals surface area contributed by atoms with E-state index in [-0.39, 0.29) is 5.91 Å². The Kier molecular flexibility index (Phi) is 5.33. The predicted molar refractivity (Wildman–Crippen MR) is 116 cm³/mol. The zero-order valence-electron chi connectivity index (χ0n) is 16.8. The van der Waals surface area contributed by atoms with Gasteiger partial charge in [-0.15, -0.1) is 0 Å². The lowest BCUT2D eigenvalue weighted by atomic mass is 9.93. The molecule has 0 atom stereocenters. The lowest BCUT2D eigenvalue weighted by Crippen LogP contribution is -2.10. The minimum absolute atomic E-state index is 0.258. The SMILES string of the molecule is COc1c(/C(C)=C/C(=O)Nc2ccc(Cl)cn2)cc2c3c(oc2c1C)CCCC3. The van der Waals surface area contributed by atoms with E-state index in [1.165, 1.54) is 18.2 Å². The average molecular weight is 411 g/mol. The Morgan fingerprint density at radius 3 is 2.83 bits per heavy atom. The summed E-state index contributed by atoms with van der Waals surface area (Å²) in [5.74, 6) is 2.01. The van der Waals surface area contributed by atoms with E-state index in [0.29, 0.717) is 10.8 Å². The maximum absolute atomic E-state index is 12.5. The number of anilines is 1. The van der Waals surface area contributed by atoms with Gasteiger partial charge in [0.2, 0.25) is 5.91 Å². The van der Waals surface area contributed by atoms with Crippen molar-refractivity contribution in [2.24, 2.45) is 0 Å². The van der Waals surface area contributed by atoms with Crippen LogP contribution in [0.2, 0.25) is 5.02 Å². The summed E-state index contributed by atoms with van der Waals surface area (Å²) >= 11 is 5.84. The number of ether oxygens (including phenoxy) is 1. The number of carbonyl (C=O) groups excluding carboxylic acids is 1. The van der Waals surface area contributed by atoms with Crippen LogP contribution in [0.4, 0.5) is 5.82 Å². The Bertz CT molecular complexity index is 1110. The molecule has 0 spiro atoms. The Hall–Kier alpha value is -2.79. The van der Waals surface area contributed by atoms with Gasteiger partial charge in [-0.2, -0.15) is 0 Å². The summed E-state index contributed by atoms with van der Waals surface area (Å²) in [7, 11) is 1.64. The van der Waals surface area contributed by atoms with Gasteiger partial charge in [-0.25, -0.2) is 4.98 Å². The molecule has 0 saturated heterocycles. The number of allylic oxidation sites excluding steroid dienone is 1. The van der Waals surface area contributed by atoms with E-state index < -0.39 is 0 Å². The highest BCUT2D eigenvalue weighted by Crippen LogP contribution is 2.41. The molecule has 6 heteroatoms. The minimum atomic E-state index is -0.258. The maximum Gasteiger partial charge on any atom is 0.249 e. The van der Waals surface area contributed by atoms with Crippen molar-refractivity contribution in [2.75, 3.05) is 12.4 Å². The molecule has 2 heterocycles. The lowest BCUT2D eigenvalue weighted by molar-refractivity contribution is -0.111. The van der Waals surface area contributed by atoms with E-state index in [0.717, 1.165) is 58.4 Å². The van der Waals surface area contributed by atoms with E-state index in [1.807, 2.05) is 13.8 Å². The van der Waals surface area contributed by atoms with Gasteiger partial charge in [0.25, 0.3) is 0 Å². The first-order valence-electron chi connectivity index (χ1n) is 9.71. The van der Waals surface area contributed by atoms with Crippen LogP contribution >= 0.6 is 11.6 Å². The molecule has 1 N–H and O–H groups in total. The number of amides is 1. The molecule has 0 aliphatic heterocycles. The van der Waals surface area contributed by atoms with Gasteiger partial charge in [0.1, 0.15) is 22.9 Å². The molecule has 0 fully saturated rings. The van der Waals surface area contributed by atoms with Crippen LogP contribution in [-0.4, -0.2) is 18.0 Å². The summed E-state index contributed by atoms with van der Waals surface area (Å²) in [6.45, 7) is 3.91. The molecule has 150 valence electrons. The van der Waals surface area contributed by atoms with Crippen LogP contribution in [0, 0.1) is 6.92 Å². The van der Waals surface area contributed by atoms with Crippen LogP contribution in [-0.2, 0) is 17.6 Å². The molecule has 1 aromatic carbocycles. The zero-order valence-corrected chi connectivity index (χ0v) is 17.5. The summed E-state index contributed by atoms with van der Waals surface area (Å²) in [6.07, 6.45) is 7.40. The van der Waals surface area contributed by atoms with Gasteiger partial charge in [0.05, 0.1) is 12.1 Å². The fraction of sp³-hybridized carbons (Fsp3) is 0.304. The Balaban J connectivity index is 1.72. The van der Waals surface area contributed by atoms with Crippen molar-refractivity contribution in [1.29, 1.82) is 0 Å². The monoisotopic (exact) mass is 410 g/mol. The van der Waals surface area contributed by atoms with Crippen molar-refractivity contribution < 1.29 is 13.9 Å². The third kappa shape index (κ3) is 3.75. The number of methoxy groups -OCH3 is 1. The number of nitrogens with one attached hydrogen (secondary N) is 1. The highest BCUT2D eigenvalue weighted by atomic mass is 35.5. The van der Waals surface area contributed by atoms with E-state index in [1.54, 1.807) is 25.3 Å². The van der Waals surface area contributed by atoms with Gasteiger partial charge in [0, 0.05) is 40.8 Å². The lowest BCUT2D eigenvalue weighted by Gasteiger charge is -2.13. The van der Waals surface area contributed by atoms with Crippen molar-refractivity contribution in [3.63, 3.8) is 0 Å². The van der Waals surface area contributed by atoms with Gasteiger partial charge >= 0.3 is 0 Å². The second-order valence-electron chi connectivity index (χ2n) is 7.35. The molecule has 29 heavy (non-hydrogen) atoms. The maximum atomic E-state index is 12.5. The van der Waals surface area contributed by atoms with Crippen LogP contribution < -0.4 is 10.1 Å². The van der Waals surface area contributed by atoms with Gasteiger partial charge in [-0.05, 0) is 56.9 Å². The summed E-state index contributed by atoms with van der Waals surface area (Å²) < 4.78 is 11.9. The Morgan fingerprint density at radius 1 is 1.31 bits per heavy atom. The number of halogens is 1. The van der Waals surface area contributed by atoms with Crippen molar-refractivity contribution >= 4 is 39.9 Å². The number of fused-ring (bicyclic) bond motifs is 3. The smallest absolute Gasteiger partial charge is 0.249 e. The van der Waals surface area contributed by atoms with E-state index in [4.69, 9.17) is 20.8 Å². The zero-order chi connectivity index (χ0) is 20.5. The standard InChI is InChI=1S/C23H23ClN2O3/c1-13(10-21(27)26-20-9-8-15(24)12-25-20)17-11-18-16-6-4-5-7-19(16)29-23(18)14(2)22(17)28-3/h8-12H,4-7H2,1-3H3,(H,25,26,27)/b13-10+. The number of hydrogen-bond acceptors (Lipinski definition) is 4. The normalized spacial score (nSPS) is 14.0. The van der Waals surface area contributed by atoms with Crippen molar-refractivity contribution in [3.8, 4) is 5.75 Å². The van der Waals surface area contributed by atoms with Crippen LogP contribution in [0.1, 0.15) is 42.2 Å². The summed E-state index contributed by atoms with van der Waals surface area (Å²) in [5.41, 5.74) is 4.85. The molecule has 3 aromatic rings. The number of rotatable bonds is 4. The van der Waals surface area contributed by atoms with Gasteiger partial charge in [0.15, 0.2) is 0 Å². The Labute approximate surface area is 174 Å². The molecule has 4 rings (SSSR count). The van der Waals surface area contributed by atoms with Crippen LogP contribution in [0.5, 0.6) is 5.75 Å². The van der Waals surface area contributed by atoms with Crippen molar-refractivity contribution in [1.82, 2.24) is 4.98 Å². The molecule has 0 radical (unpaired) electrons. The van der Waals surface area contributed by atoms with Crippen molar-refractivity contribution in [3.05, 3.63) is 57.9 Å². The molecule has 0 saturated carbocycles. The number of benzene rings is 1. The van der Waals surface area contributed by atoms with Crippen LogP contribution in [0.3, 0.4) is 0 Å². The first kappa shape index (κ1) is 19.5. The second-order valence-corrected chi connectivity index (χ2v) is 7.78. The number of hydrogen-bond donors (Lipinski definition) is 1. The van der Waals surface area contributed by atoms with Crippen LogP contribution in [0.15, 0.2) is 34.9 Å². The summed E-state index contributed by atoms with van der Waals surface area (Å²) in [6, 6.07) is 5.44. The molecule has 1 aliphatic carbocycles. The molecule has 0 bridgehead atoms. The van der Waals surface area contributed by atoms with E-state index >= 15 is 0 Å². The average Bonchev–Trinajstić information content (AvgIpc) is 3.08. The highest BCUT2D eigenvalue weighted by Gasteiger charge is 2.23. The van der Waals surface area contributed by atoms with Crippen LogP contribution in [0.25, 0.3) is 16.5 Å². The molecule has 0 unspecified atom stereocenters. The number of aryl methyl sites for hydroxylation is 3. The van der Waals surface area contributed by atoms with Gasteiger partial charge in [-0.1, -0.05) is 11.6 Å². The molecular weight excluding hydrogens is 388 g/mol. The third-order valence-corrected chi connectivity index (χ3v) is 5.61. The summed E-state index contributed by atoms with van der Waals surface area (Å²) in [5, 5.41) is 4.41.